The van der Waals surface area contributed by atoms with Crippen molar-refractivity contribution < 1.29 is 13.3 Å². The Morgan fingerprint density at radius 3 is 1.71 bits per heavy atom. The first-order chi connectivity index (χ1) is 8.20. The summed E-state index contributed by atoms with van der Waals surface area (Å²) >= 11 is 5.78. The highest BCUT2D eigenvalue weighted by Gasteiger charge is 2.47. The van der Waals surface area contributed by atoms with E-state index in [0.29, 0.717) is 31.2 Å². The van der Waals surface area contributed by atoms with Crippen LogP contribution in [0.25, 0.3) is 0 Å². The monoisotopic (exact) mass is 282 g/mol. The zero-order valence-corrected chi connectivity index (χ0v) is 13.4. The molecule has 0 fully saturated rings. The van der Waals surface area contributed by atoms with Gasteiger partial charge in [0.05, 0.1) is 0 Å². The maximum Gasteiger partial charge on any atom is 0.504 e. The molecule has 0 aliphatic heterocycles. The highest BCUT2D eigenvalue weighted by Crippen LogP contribution is 2.33. The number of hydrogen-bond acceptors (Lipinski definition) is 3. The Bertz CT molecular complexity index is 164. The van der Waals surface area contributed by atoms with Gasteiger partial charge in [-0.15, -0.1) is 11.6 Å². The van der Waals surface area contributed by atoms with Crippen LogP contribution < -0.4 is 0 Å². The predicted octanol–water partition coefficient (Wildman–Crippen LogP) is 3.83. The smallest absolute Gasteiger partial charge is 0.374 e. The summed E-state index contributed by atoms with van der Waals surface area (Å²) in [4.78, 5) is 0. The molecule has 0 spiro atoms. The lowest BCUT2D eigenvalue weighted by Crippen LogP contribution is -2.50. The lowest BCUT2D eigenvalue weighted by Gasteiger charge is -2.34. The molecule has 0 aromatic rings. The molecule has 0 aromatic heterocycles. The highest BCUT2D eigenvalue weighted by atomic mass is 35.5. The Morgan fingerprint density at radius 1 is 0.941 bits per heavy atom. The molecular weight excluding hydrogens is 256 g/mol. The highest BCUT2D eigenvalue weighted by molar-refractivity contribution is 6.62. The van der Waals surface area contributed by atoms with Crippen LogP contribution in [-0.2, 0) is 13.3 Å². The Balaban J connectivity index is 4.76. The van der Waals surface area contributed by atoms with Crippen LogP contribution in [0.2, 0.25) is 5.54 Å². The second kappa shape index (κ2) is 10.3. The van der Waals surface area contributed by atoms with Gasteiger partial charge in [-0.2, -0.15) is 0 Å². The lowest BCUT2D eigenvalue weighted by molar-refractivity contribution is 0.0591. The summed E-state index contributed by atoms with van der Waals surface area (Å²) in [5.41, 5.74) is 0.362. The zero-order valence-electron chi connectivity index (χ0n) is 11.6. The van der Waals surface area contributed by atoms with Gasteiger partial charge in [-0.3, -0.25) is 0 Å². The van der Waals surface area contributed by atoms with Crippen molar-refractivity contribution in [1.29, 1.82) is 0 Å². The molecule has 0 aromatic carbocycles. The summed E-state index contributed by atoms with van der Waals surface area (Å²) in [6.07, 6.45) is 3.03. The first-order valence-electron chi connectivity index (χ1n) is 6.68. The molecular formula is C12H27ClO3Si. The van der Waals surface area contributed by atoms with Gasteiger partial charge in [0.25, 0.3) is 0 Å². The van der Waals surface area contributed by atoms with Crippen LogP contribution >= 0.6 is 11.6 Å². The fourth-order valence-corrected chi connectivity index (χ4v) is 5.41. The molecule has 5 heteroatoms. The first kappa shape index (κ1) is 17.4. The zero-order chi connectivity index (χ0) is 13.1. The van der Waals surface area contributed by atoms with Gasteiger partial charge in [0.15, 0.2) is 0 Å². The Hall–Kier alpha value is 0.387. The molecule has 1 atom stereocenters. The molecule has 0 saturated heterocycles. The van der Waals surface area contributed by atoms with Crippen LogP contribution in [0.15, 0.2) is 0 Å². The van der Waals surface area contributed by atoms with Crippen LogP contribution in [0.5, 0.6) is 0 Å². The summed E-state index contributed by atoms with van der Waals surface area (Å²) in [5, 5.41) is 0. The Labute approximate surface area is 112 Å². The van der Waals surface area contributed by atoms with Crippen molar-refractivity contribution in [3.63, 3.8) is 0 Å². The van der Waals surface area contributed by atoms with Crippen molar-refractivity contribution in [1.82, 2.24) is 0 Å². The summed E-state index contributed by atoms with van der Waals surface area (Å²) in [5.74, 6) is 0.686. The normalized spacial score (nSPS) is 13.9. The molecule has 0 heterocycles. The van der Waals surface area contributed by atoms with E-state index in [0.717, 1.165) is 19.3 Å². The van der Waals surface area contributed by atoms with Crippen molar-refractivity contribution in [2.45, 2.75) is 52.5 Å². The molecule has 0 rings (SSSR count). The van der Waals surface area contributed by atoms with Gasteiger partial charge >= 0.3 is 8.80 Å². The third-order valence-corrected chi connectivity index (χ3v) is 6.75. The number of rotatable bonds is 11. The van der Waals surface area contributed by atoms with Crippen molar-refractivity contribution in [3.8, 4) is 0 Å². The molecule has 0 aliphatic carbocycles. The largest absolute Gasteiger partial charge is 0.504 e. The summed E-state index contributed by atoms with van der Waals surface area (Å²) in [6.45, 7) is 10.1. The van der Waals surface area contributed by atoms with Gasteiger partial charge in [-0.1, -0.05) is 6.92 Å². The molecule has 0 bridgehead atoms. The van der Waals surface area contributed by atoms with E-state index >= 15 is 0 Å². The molecule has 0 radical (unpaired) electrons. The summed E-state index contributed by atoms with van der Waals surface area (Å²) < 4.78 is 17.7. The van der Waals surface area contributed by atoms with Gasteiger partial charge in [0.2, 0.25) is 0 Å². The maximum atomic E-state index is 5.91. The van der Waals surface area contributed by atoms with E-state index in [2.05, 4.69) is 6.92 Å². The van der Waals surface area contributed by atoms with Gasteiger partial charge in [-0.05, 0) is 40.0 Å². The van der Waals surface area contributed by atoms with E-state index in [1.165, 1.54) is 0 Å². The lowest BCUT2D eigenvalue weighted by atomic mass is 10.2. The fourth-order valence-electron chi connectivity index (χ4n) is 2.04. The summed E-state index contributed by atoms with van der Waals surface area (Å²) in [7, 11) is -2.52. The third-order valence-electron chi connectivity index (χ3n) is 2.72. The number of halogens is 1. The van der Waals surface area contributed by atoms with E-state index in [4.69, 9.17) is 24.9 Å². The van der Waals surface area contributed by atoms with E-state index in [-0.39, 0.29) is 0 Å². The quantitative estimate of drug-likeness (QED) is 0.426. The molecule has 3 nitrogen and oxygen atoms in total. The molecule has 0 aliphatic rings. The van der Waals surface area contributed by atoms with E-state index in [1.807, 2.05) is 20.8 Å². The summed E-state index contributed by atoms with van der Waals surface area (Å²) in [6, 6.07) is 0. The standard InChI is InChI=1S/C12H27ClO3Si/c1-5-12(10-9-11-13)17(14-6-2,15-7-3)16-8-4/h12H,5-11H2,1-4H3. The van der Waals surface area contributed by atoms with Crippen molar-refractivity contribution in [3.05, 3.63) is 0 Å². The van der Waals surface area contributed by atoms with Crippen LogP contribution in [-0.4, -0.2) is 34.5 Å². The van der Waals surface area contributed by atoms with Gasteiger partial charge in [0, 0.05) is 31.2 Å². The van der Waals surface area contributed by atoms with Crippen LogP contribution in [0.4, 0.5) is 0 Å². The van der Waals surface area contributed by atoms with Crippen LogP contribution in [0, 0.1) is 0 Å². The minimum absolute atomic E-state index is 0.362. The molecule has 0 amide bonds. The molecule has 1 unspecified atom stereocenters. The van der Waals surface area contributed by atoms with Crippen molar-refractivity contribution in [2.75, 3.05) is 25.7 Å². The molecule has 17 heavy (non-hydrogen) atoms. The Morgan fingerprint density at radius 2 is 1.41 bits per heavy atom. The fraction of sp³-hybridized carbons (Fsp3) is 1.00. The minimum atomic E-state index is -2.52. The van der Waals surface area contributed by atoms with Crippen molar-refractivity contribution >= 4 is 20.4 Å². The van der Waals surface area contributed by atoms with E-state index < -0.39 is 8.80 Å². The van der Waals surface area contributed by atoms with Gasteiger partial charge in [0.1, 0.15) is 0 Å². The molecule has 0 N–H and O–H groups in total. The van der Waals surface area contributed by atoms with E-state index in [9.17, 15) is 0 Å². The SMILES string of the molecule is CCO[Si](OCC)(OCC)C(CC)CCCCl. The average Bonchev–Trinajstić information content (AvgIpc) is 2.31. The van der Waals surface area contributed by atoms with Crippen molar-refractivity contribution in [2.24, 2.45) is 0 Å². The van der Waals surface area contributed by atoms with Gasteiger partial charge < -0.3 is 13.3 Å². The van der Waals surface area contributed by atoms with Crippen LogP contribution in [0.1, 0.15) is 47.0 Å². The minimum Gasteiger partial charge on any atom is -0.374 e. The van der Waals surface area contributed by atoms with E-state index in [1.54, 1.807) is 0 Å². The van der Waals surface area contributed by atoms with Gasteiger partial charge in [-0.25, -0.2) is 0 Å². The van der Waals surface area contributed by atoms with Crippen LogP contribution in [0.3, 0.4) is 0 Å². The second-order valence-electron chi connectivity index (χ2n) is 3.84. The predicted molar refractivity (Wildman–Crippen MR) is 74.6 cm³/mol. The maximum absolute atomic E-state index is 5.91. The topological polar surface area (TPSA) is 27.7 Å². The molecule has 104 valence electrons. The average molecular weight is 283 g/mol. The Kier molecular flexibility index (Phi) is 10.6. The number of alkyl halides is 1. The first-order valence-corrected chi connectivity index (χ1v) is 9.02. The molecule has 0 saturated carbocycles. The second-order valence-corrected chi connectivity index (χ2v) is 7.11. The number of hydrogen-bond donors (Lipinski definition) is 0. The third kappa shape index (κ3) is 5.70.